The summed E-state index contributed by atoms with van der Waals surface area (Å²) in [7, 11) is 0. The van der Waals surface area contributed by atoms with E-state index in [4.69, 9.17) is 0 Å². The van der Waals surface area contributed by atoms with Crippen molar-refractivity contribution in [3.63, 3.8) is 0 Å². The van der Waals surface area contributed by atoms with Crippen LogP contribution in [0.25, 0.3) is 76.2 Å². The van der Waals surface area contributed by atoms with Crippen LogP contribution in [0.1, 0.15) is 37.8 Å². The zero-order valence-electron chi connectivity index (χ0n) is 23.1. The highest BCUT2D eigenvalue weighted by Crippen LogP contribution is 2.39. The highest BCUT2D eigenvalue weighted by molar-refractivity contribution is 6.23. The zero-order valence-corrected chi connectivity index (χ0v) is 23.1. The first-order valence-corrected chi connectivity index (χ1v) is 14.6. The second kappa shape index (κ2) is 7.79. The lowest BCUT2D eigenvalue weighted by Gasteiger charge is -2.10. The third kappa shape index (κ3) is 2.74. The Morgan fingerprint density at radius 2 is 0.690 bits per heavy atom. The first-order valence-electron chi connectivity index (χ1n) is 14.6. The van der Waals surface area contributed by atoms with Gasteiger partial charge in [0.05, 0.1) is 33.1 Å². The Morgan fingerprint density at radius 3 is 0.952 bits per heavy atom. The van der Waals surface area contributed by atoms with E-state index in [1.165, 1.54) is 0 Å². The molecule has 9 rings (SSSR count). The predicted molar refractivity (Wildman–Crippen MR) is 171 cm³/mol. The van der Waals surface area contributed by atoms with Gasteiger partial charge in [0.15, 0.2) is 21.7 Å². The van der Waals surface area contributed by atoms with Crippen molar-refractivity contribution in [2.75, 3.05) is 0 Å². The molecule has 0 aliphatic rings. The molecule has 0 fully saturated rings. The fraction of sp³-hybridized carbons (Fsp3) is 0.167. The Hall–Kier alpha value is -5.10. The average Bonchev–Trinajstić information content (AvgIpc) is 3.44. The molecule has 0 amide bonds. The fourth-order valence-corrected chi connectivity index (χ4v) is 7.54. The molecule has 0 N–H and O–H groups in total. The number of fused-ring (bicyclic) bond motifs is 6. The third-order valence-corrected chi connectivity index (χ3v) is 9.22. The van der Waals surface area contributed by atoms with Gasteiger partial charge in [0.25, 0.3) is 0 Å². The molecular formula is C36H24N2O4. The molecule has 202 valence electrons. The van der Waals surface area contributed by atoms with Crippen molar-refractivity contribution >= 4 is 76.2 Å². The van der Waals surface area contributed by atoms with Gasteiger partial charge in [0, 0.05) is 67.4 Å². The van der Waals surface area contributed by atoms with Crippen molar-refractivity contribution in [1.29, 1.82) is 0 Å². The monoisotopic (exact) mass is 548 g/mol. The lowest BCUT2D eigenvalue weighted by atomic mass is 10.0. The van der Waals surface area contributed by atoms with Gasteiger partial charge in [-0.2, -0.15) is 0 Å². The maximum absolute atomic E-state index is 13.5. The van der Waals surface area contributed by atoms with Crippen molar-refractivity contribution in [2.45, 2.75) is 39.5 Å². The molecule has 0 saturated carbocycles. The topological polar surface area (TPSA) is 77.1 Å². The van der Waals surface area contributed by atoms with Gasteiger partial charge < -0.3 is 8.80 Å². The standard InChI is InChI=1S/C36H24N2O4/c1-3-5-17-7-23-31(39)13-27-19-11-21-22(12-20(19)28-14-32(40)24(8-17)35(23)37(27)28)30-16-34(42)26-10-18(6-4-2)9-25-33(41)15-29(21)38(30)36(25)26/h7-16H,3-6H2,1-2H3. The Morgan fingerprint density at radius 1 is 0.405 bits per heavy atom. The van der Waals surface area contributed by atoms with Gasteiger partial charge >= 0.3 is 0 Å². The van der Waals surface area contributed by atoms with E-state index in [0.29, 0.717) is 32.6 Å². The number of aryl methyl sites for hydroxylation is 2. The van der Waals surface area contributed by atoms with Crippen LogP contribution in [0.15, 0.2) is 79.8 Å². The SMILES string of the molecule is CCCc1cc2c(=O)cc3c4cc5c(cc4c4cc(=O)c(c1)c2n34)c1cc(=O)c2cc(CCC)cc3c(=O)cc5n1c32. The lowest BCUT2D eigenvalue weighted by molar-refractivity contribution is 0.924. The smallest absolute Gasteiger partial charge is 0.190 e. The molecule has 0 aliphatic heterocycles. The maximum Gasteiger partial charge on any atom is 0.190 e. The normalized spacial score (nSPS) is 12.8. The predicted octanol–water partition coefficient (Wildman–Crippen LogP) is 6.21. The summed E-state index contributed by atoms with van der Waals surface area (Å²) in [5, 5.41) is 5.55. The van der Waals surface area contributed by atoms with Crippen LogP contribution in [-0.4, -0.2) is 8.80 Å². The maximum atomic E-state index is 13.5. The number of nitrogens with zero attached hydrogens (tertiary/aromatic N) is 2. The van der Waals surface area contributed by atoms with Crippen molar-refractivity contribution in [3.05, 3.63) is 113 Å². The number of rotatable bonds is 4. The van der Waals surface area contributed by atoms with Gasteiger partial charge in [-0.15, -0.1) is 0 Å². The van der Waals surface area contributed by atoms with Gasteiger partial charge in [-0.25, -0.2) is 0 Å². The third-order valence-electron chi connectivity index (χ3n) is 9.22. The molecule has 0 bridgehead atoms. The zero-order chi connectivity index (χ0) is 28.6. The summed E-state index contributed by atoms with van der Waals surface area (Å²) in [5.74, 6) is 0. The van der Waals surface area contributed by atoms with Crippen molar-refractivity contribution in [3.8, 4) is 0 Å². The van der Waals surface area contributed by atoms with E-state index in [2.05, 4.69) is 13.8 Å². The van der Waals surface area contributed by atoms with E-state index >= 15 is 0 Å². The average molecular weight is 549 g/mol. The largest absolute Gasteiger partial charge is 0.307 e. The second-order valence-corrected chi connectivity index (χ2v) is 11.8. The Balaban J connectivity index is 1.49. The van der Waals surface area contributed by atoms with Crippen LogP contribution in [-0.2, 0) is 12.8 Å². The number of hydrogen-bond acceptors (Lipinski definition) is 4. The molecular weight excluding hydrogens is 524 g/mol. The Bertz CT molecular complexity index is 2470. The summed E-state index contributed by atoms with van der Waals surface area (Å²) >= 11 is 0. The minimum atomic E-state index is -0.114. The van der Waals surface area contributed by atoms with Crippen LogP contribution in [0.3, 0.4) is 0 Å². The summed E-state index contributed by atoms with van der Waals surface area (Å²) in [6.07, 6.45) is 3.43. The highest BCUT2D eigenvalue weighted by atomic mass is 16.1. The van der Waals surface area contributed by atoms with Gasteiger partial charge in [-0.3, -0.25) is 19.2 Å². The van der Waals surface area contributed by atoms with Crippen LogP contribution in [0.5, 0.6) is 0 Å². The molecule has 0 radical (unpaired) electrons. The van der Waals surface area contributed by atoms with Crippen molar-refractivity contribution in [2.24, 2.45) is 0 Å². The molecule has 6 nitrogen and oxygen atoms in total. The number of hydrogen-bond donors (Lipinski definition) is 0. The minimum Gasteiger partial charge on any atom is -0.307 e. The molecule has 0 saturated heterocycles. The van der Waals surface area contributed by atoms with Gasteiger partial charge in [0.2, 0.25) is 0 Å². The molecule has 0 atom stereocenters. The van der Waals surface area contributed by atoms with E-state index in [0.717, 1.165) is 80.4 Å². The Kier molecular flexibility index (Phi) is 4.38. The molecule has 6 aromatic heterocycles. The van der Waals surface area contributed by atoms with E-state index in [-0.39, 0.29) is 21.7 Å². The molecule has 42 heavy (non-hydrogen) atoms. The van der Waals surface area contributed by atoms with Crippen LogP contribution >= 0.6 is 0 Å². The van der Waals surface area contributed by atoms with Crippen LogP contribution in [0.4, 0.5) is 0 Å². The van der Waals surface area contributed by atoms with Crippen molar-refractivity contribution in [1.82, 2.24) is 8.80 Å². The van der Waals surface area contributed by atoms with Crippen LogP contribution < -0.4 is 21.7 Å². The molecule has 6 heterocycles. The summed E-state index contributed by atoms with van der Waals surface area (Å²) in [6.45, 7) is 4.16. The number of benzene rings is 3. The van der Waals surface area contributed by atoms with E-state index < -0.39 is 0 Å². The molecule has 0 spiro atoms. The minimum absolute atomic E-state index is 0.114. The summed E-state index contributed by atoms with van der Waals surface area (Å²) in [5.41, 5.74) is 5.75. The quantitative estimate of drug-likeness (QED) is 0.262. The Labute approximate surface area is 237 Å². The lowest BCUT2D eigenvalue weighted by Crippen LogP contribution is -2.11. The van der Waals surface area contributed by atoms with Crippen molar-refractivity contribution < 1.29 is 0 Å². The highest BCUT2D eigenvalue weighted by Gasteiger charge is 2.23. The first-order chi connectivity index (χ1) is 20.4. The molecule has 9 aromatic rings. The first kappa shape index (κ1) is 23.6. The molecule has 0 aliphatic carbocycles. The van der Waals surface area contributed by atoms with E-state index in [1.54, 1.807) is 24.3 Å². The number of pyridine rings is 4. The van der Waals surface area contributed by atoms with E-state index in [1.807, 2.05) is 45.2 Å². The molecule has 3 aromatic carbocycles. The van der Waals surface area contributed by atoms with Gasteiger partial charge in [0.1, 0.15) is 0 Å². The second-order valence-electron chi connectivity index (χ2n) is 11.8. The molecule has 6 heteroatoms. The van der Waals surface area contributed by atoms with Crippen LogP contribution in [0.2, 0.25) is 0 Å². The summed E-state index contributed by atoms with van der Waals surface area (Å²) in [6, 6.07) is 18.4. The molecule has 0 unspecified atom stereocenters. The summed E-state index contributed by atoms with van der Waals surface area (Å²) < 4.78 is 4.06. The fourth-order valence-electron chi connectivity index (χ4n) is 7.54. The number of aromatic nitrogens is 2. The van der Waals surface area contributed by atoms with Gasteiger partial charge in [-0.1, -0.05) is 26.7 Å². The van der Waals surface area contributed by atoms with E-state index in [9.17, 15) is 19.2 Å². The van der Waals surface area contributed by atoms with Gasteiger partial charge in [-0.05, 0) is 60.4 Å². The van der Waals surface area contributed by atoms with Crippen LogP contribution in [0, 0.1) is 0 Å². The summed E-state index contributed by atoms with van der Waals surface area (Å²) in [4.78, 5) is 54.0.